The maximum atomic E-state index is 11.9. The maximum Gasteiger partial charge on any atom is 0.313 e. The van der Waals surface area contributed by atoms with Crippen LogP contribution in [0, 0.1) is 5.92 Å². The van der Waals surface area contributed by atoms with Gasteiger partial charge in [-0.2, -0.15) is 0 Å². The fourth-order valence-electron chi connectivity index (χ4n) is 2.69. The van der Waals surface area contributed by atoms with Crippen molar-refractivity contribution in [2.24, 2.45) is 5.92 Å². The minimum absolute atomic E-state index is 0.122. The standard InChI is InChI=1S/C16H21ClN2O2/c1-2-11-3-7-13(8-4-11)18-15(20)16(21)19-14-9-5-12(17)6-10-14/h5-6,9-11,13H,2-4,7-8H2,1H3,(H,18,20)(H,19,21). The van der Waals surface area contributed by atoms with Gasteiger partial charge in [0, 0.05) is 16.8 Å². The van der Waals surface area contributed by atoms with Crippen LogP contribution < -0.4 is 10.6 Å². The zero-order chi connectivity index (χ0) is 15.2. The first-order chi connectivity index (χ1) is 10.1. The van der Waals surface area contributed by atoms with Crippen LogP contribution in [0.3, 0.4) is 0 Å². The second-order valence-electron chi connectivity index (χ2n) is 5.56. The number of carbonyl (C=O) groups excluding carboxylic acids is 2. The summed E-state index contributed by atoms with van der Waals surface area (Å²) < 4.78 is 0. The van der Waals surface area contributed by atoms with Crippen molar-refractivity contribution < 1.29 is 9.59 Å². The maximum absolute atomic E-state index is 11.9. The Kier molecular flexibility index (Phi) is 5.62. The van der Waals surface area contributed by atoms with Crippen LogP contribution in [0.4, 0.5) is 5.69 Å². The van der Waals surface area contributed by atoms with Gasteiger partial charge in [0.15, 0.2) is 0 Å². The molecule has 1 aromatic carbocycles. The number of hydrogen-bond donors (Lipinski definition) is 2. The molecule has 1 aliphatic carbocycles. The molecule has 0 spiro atoms. The Morgan fingerprint density at radius 2 is 1.71 bits per heavy atom. The lowest BCUT2D eigenvalue weighted by Gasteiger charge is -2.28. The van der Waals surface area contributed by atoms with Crippen molar-refractivity contribution in [1.29, 1.82) is 0 Å². The van der Waals surface area contributed by atoms with E-state index in [0.717, 1.165) is 31.6 Å². The van der Waals surface area contributed by atoms with E-state index in [2.05, 4.69) is 17.6 Å². The summed E-state index contributed by atoms with van der Waals surface area (Å²) in [6.07, 6.45) is 5.36. The van der Waals surface area contributed by atoms with Crippen molar-refractivity contribution in [3.05, 3.63) is 29.3 Å². The van der Waals surface area contributed by atoms with E-state index in [1.54, 1.807) is 24.3 Å². The van der Waals surface area contributed by atoms with E-state index in [4.69, 9.17) is 11.6 Å². The van der Waals surface area contributed by atoms with Crippen molar-refractivity contribution in [3.8, 4) is 0 Å². The van der Waals surface area contributed by atoms with Gasteiger partial charge in [0.05, 0.1) is 0 Å². The zero-order valence-electron chi connectivity index (χ0n) is 12.2. The SMILES string of the molecule is CCC1CCC(NC(=O)C(=O)Nc2ccc(Cl)cc2)CC1. The molecule has 1 aromatic rings. The van der Waals surface area contributed by atoms with Crippen molar-refractivity contribution in [3.63, 3.8) is 0 Å². The minimum Gasteiger partial charge on any atom is -0.345 e. The number of nitrogens with one attached hydrogen (secondary N) is 2. The Morgan fingerprint density at radius 1 is 1.10 bits per heavy atom. The van der Waals surface area contributed by atoms with Crippen LogP contribution >= 0.6 is 11.6 Å². The number of carbonyl (C=O) groups is 2. The predicted molar refractivity (Wildman–Crippen MR) is 84.3 cm³/mol. The molecule has 0 bridgehead atoms. The first-order valence-electron chi connectivity index (χ1n) is 7.46. The van der Waals surface area contributed by atoms with Crippen LogP contribution in [0.5, 0.6) is 0 Å². The Labute approximate surface area is 130 Å². The fraction of sp³-hybridized carbons (Fsp3) is 0.500. The molecule has 2 amide bonds. The Morgan fingerprint density at radius 3 is 2.29 bits per heavy atom. The van der Waals surface area contributed by atoms with Gasteiger partial charge in [0.25, 0.3) is 0 Å². The topological polar surface area (TPSA) is 58.2 Å². The average Bonchev–Trinajstić information content (AvgIpc) is 2.50. The van der Waals surface area contributed by atoms with Gasteiger partial charge in [0.2, 0.25) is 0 Å². The second-order valence-corrected chi connectivity index (χ2v) is 6.00. The quantitative estimate of drug-likeness (QED) is 0.841. The van der Waals surface area contributed by atoms with Crippen molar-refractivity contribution in [1.82, 2.24) is 5.32 Å². The fourth-order valence-corrected chi connectivity index (χ4v) is 2.81. The Balaban J connectivity index is 1.80. The van der Waals surface area contributed by atoms with Gasteiger partial charge >= 0.3 is 11.8 Å². The van der Waals surface area contributed by atoms with Crippen molar-refractivity contribution in [2.75, 3.05) is 5.32 Å². The molecule has 5 heteroatoms. The molecule has 0 saturated heterocycles. The highest BCUT2D eigenvalue weighted by molar-refractivity contribution is 6.39. The first kappa shape index (κ1) is 15.8. The summed E-state index contributed by atoms with van der Waals surface area (Å²) in [5, 5.41) is 5.97. The third-order valence-corrected chi connectivity index (χ3v) is 4.32. The molecular weight excluding hydrogens is 288 g/mol. The molecule has 0 unspecified atom stereocenters. The Bertz CT molecular complexity index is 494. The van der Waals surface area contributed by atoms with E-state index in [-0.39, 0.29) is 6.04 Å². The largest absolute Gasteiger partial charge is 0.345 e. The van der Waals surface area contributed by atoms with Crippen molar-refractivity contribution in [2.45, 2.75) is 45.1 Å². The highest BCUT2D eigenvalue weighted by atomic mass is 35.5. The molecule has 2 rings (SSSR count). The van der Waals surface area contributed by atoms with Gasteiger partial charge in [-0.25, -0.2) is 0 Å². The number of amides is 2. The molecule has 0 heterocycles. The molecule has 2 N–H and O–H groups in total. The summed E-state index contributed by atoms with van der Waals surface area (Å²) in [5.41, 5.74) is 0.564. The lowest BCUT2D eigenvalue weighted by Crippen LogP contribution is -2.43. The van der Waals surface area contributed by atoms with Gasteiger partial charge in [0.1, 0.15) is 0 Å². The van der Waals surface area contributed by atoms with Crippen LogP contribution in [-0.4, -0.2) is 17.9 Å². The second kappa shape index (κ2) is 7.46. The van der Waals surface area contributed by atoms with Gasteiger partial charge < -0.3 is 10.6 Å². The number of halogens is 1. The van der Waals surface area contributed by atoms with E-state index in [9.17, 15) is 9.59 Å². The van der Waals surface area contributed by atoms with Crippen LogP contribution in [0.25, 0.3) is 0 Å². The van der Waals surface area contributed by atoms with Crippen molar-refractivity contribution >= 4 is 29.1 Å². The van der Waals surface area contributed by atoms with Crippen LogP contribution in [-0.2, 0) is 9.59 Å². The smallest absolute Gasteiger partial charge is 0.313 e. The highest BCUT2D eigenvalue weighted by Gasteiger charge is 2.23. The molecule has 0 radical (unpaired) electrons. The summed E-state index contributed by atoms with van der Waals surface area (Å²) >= 11 is 5.77. The van der Waals surface area contributed by atoms with Crippen LogP contribution in [0.1, 0.15) is 39.0 Å². The molecule has 1 aliphatic rings. The van der Waals surface area contributed by atoms with E-state index in [0.29, 0.717) is 10.7 Å². The van der Waals surface area contributed by atoms with E-state index in [1.165, 1.54) is 6.42 Å². The van der Waals surface area contributed by atoms with Gasteiger partial charge in [-0.3, -0.25) is 9.59 Å². The molecule has 21 heavy (non-hydrogen) atoms. The van der Waals surface area contributed by atoms with E-state index < -0.39 is 11.8 Å². The van der Waals surface area contributed by atoms with Gasteiger partial charge in [-0.1, -0.05) is 24.9 Å². The first-order valence-corrected chi connectivity index (χ1v) is 7.83. The number of rotatable bonds is 3. The molecular formula is C16H21ClN2O2. The number of benzene rings is 1. The van der Waals surface area contributed by atoms with Gasteiger partial charge in [-0.15, -0.1) is 0 Å². The third-order valence-electron chi connectivity index (χ3n) is 4.07. The normalized spacial score (nSPS) is 21.6. The monoisotopic (exact) mass is 308 g/mol. The minimum atomic E-state index is -0.630. The summed E-state index contributed by atoms with van der Waals surface area (Å²) in [7, 11) is 0. The lowest BCUT2D eigenvalue weighted by molar-refractivity contribution is -0.136. The molecule has 114 valence electrons. The highest BCUT2D eigenvalue weighted by Crippen LogP contribution is 2.26. The molecule has 0 aliphatic heterocycles. The van der Waals surface area contributed by atoms with Crippen LogP contribution in [0.15, 0.2) is 24.3 Å². The predicted octanol–water partition coefficient (Wildman–Crippen LogP) is 3.36. The average molecular weight is 309 g/mol. The number of hydrogen-bond acceptors (Lipinski definition) is 2. The summed E-state index contributed by atoms with van der Waals surface area (Å²) in [6.45, 7) is 2.20. The zero-order valence-corrected chi connectivity index (χ0v) is 13.0. The van der Waals surface area contributed by atoms with Crippen LogP contribution in [0.2, 0.25) is 5.02 Å². The lowest BCUT2D eigenvalue weighted by atomic mass is 9.84. The molecule has 1 fully saturated rings. The molecule has 0 atom stereocenters. The number of anilines is 1. The molecule has 1 saturated carbocycles. The van der Waals surface area contributed by atoms with E-state index >= 15 is 0 Å². The van der Waals surface area contributed by atoms with Gasteiger partial charge in [-0.05, 0) is 55.9 Å². The Hall–Kier alpha value is -1.55. The molecule has 0 aromatic heterocycles. The summed E-state index contributed by atoms with van der Waals surface area (Å²) in [4.78, 5) is 23.7. The molecule has 4 nitrogen and oxygen atoms in total. The summed E-state index contributed by atoms with van der Waals surface area (Å²) in [6, 6.07) is 6.79. The summed E-state index contributed by atoms with van der Waals surface area (Å²) in [5.74, 6) is -0.430. The van der Waals surface area contributed by atoms with E-state index in [1.807, 2.05) is 0 Å². The third kappa shape index (κ3) is 4.74.